The molecule has 0 aromatic rings. The van der Waals surface area contributed by atoms with Crippen LogP contribution in [0.2, 0.25) is 0 Å². The van der Waals surface area contributed by atoms with Crippen molar-refractivity contribution in [3.8, 4) is 0 Å². The van der Waals surface area contributed by atoms with Gasteiger partial charge >= 0.3 is 30.0 Å². The summed E-state index contributed by atoms with van der Waals surface area (Å²) < 4.78 is 4.66. The summed E-state index contributed by atoms with van der Waals surface area (Å²) in [5, 5.41) is 0. The molecule has 0 atom stereocenters. The maximum absolute atomic E-state index is 10.6. The second-order valence-corrected chi connectivity index (χ2v) is 2.16. The quantitative estimate of drug-likeness (QED) is 0.448. The average molecular weight is 274 g/mol. The predicted octanol–water partition coefficient (Wildman–Crippen LogP) is 2.25. The fraction of sp³-hybridized carbons (Fsp3) is 0.714. The molecular formula is C7H13BrO2Zn. The van der Waals surface area contributed by atoms with Gasteiger partial charge in [0, 0.05) is 0 Å². The van der Waals surface area contributed by atoms with Crippen LogP contribution in [0.4, 0.5) is 0 Å². The van der Waals surface area contributed by atoms with Crippen LogP contribution in [-0.4, -0.2) is 12.6 Å². The van der Waals surface area contributed by atoms with Gasteiger partial charge in [0.2, 0.25) is 0 Å². The SMILES string of the molecule is CCOC(=O)[CH-]C(C)C.[Zn+][Br]. The molecule has 2 nitrogen and oxygen atoms in total. The van der Waals surface area contributed by atoms with Crippen LogP contribution in [0.3, 0.4) is 0 Å². The third-order valence-electron chi connectivity index (χ3n) is 0.756. The van der Waals surface area contributed by atoms with Crippen molar-refractivity contribution in [2.24, 2.45) is 5.92 Å². The zero-order chi connectivity index (χ0) is 9.28. The van der Waals surface area contributed by atoms with Crippen LogP contribution in [0.1, 0.15) is 20.8 Å². The molecule has 0 radical (unpaired) electrons. The van der Waals surface area contributed by atoms with Gasteiger partial charge in [-0.1, -0.05) is 13.8 Å². The first-order valence-electron chi connectivity index (χ1n) is 3.45. The topological polar surface area (TPSA) is 26.3 Å². The van der Waals surface area contributed by atoms with Gasteiger partial charge in [0.25, 0.3) is 0 Å². The molecular weight excluding hydrogens is 261 g/mol. The summed E-state index contributed by atoms with van der Waals surface area (Å²) >= 11 is 4.25. The van der Waals surface area contributed by atoms with E-state index in [1.165, 1.54) is 16.3 Å². The molecule has 0 saturated carbocycles. The van der Waals surface area contributed by atoms with E-state index in [0.29, 0.717) is 6.61 Å². The first-order valence-corrected chi connectivity index (χ1v) is 10.4. The van der Waals surface area contributed by atoms with E-state index < -0.39 is 0 Å². The van der Waals surface area contributed by atoms with Crippen molar-refractivity contribution in [1.29, 1.82) is 0 Å². The molecule has 0 aliphatic heterocycles. The fourth-order valence-corrected chi connectivity index (χ4v) is 0.463. The summed E-state index contributed by atoms with van der Waals surface area (Å²) in [4.78, 5) is 10.6. The standard InChI is InChI=1S/C7H13O2.BrH.Zn/c1-4-9-7(8)5-6(2)3;;/h5-6H,4H2,1-3H3;1H;/q-1;;+2/p-1. The molecule has 11 heavy (non-hydrogen) atoms. The van der Waals surface area contributed by atoms with Gasteiger partial charge in [0.15, 0.2) is 5.97 Å². The second-order valence-electron chi connectivity index (χ2n) is 2.16. The molecule has 0 amide bonds. The zero-order valence-electron chi connectivity index (χ0n) is 7.26. The Morgan fingerprint density at radius 2 is 2.09 bits per heavy atom. The van der Waals surface area contributed by atoms with Crippen molar-refractivity contribution >= 4 is 19.6 Å². The number of carbonyl (C=O) groups excluding carboxylic acids is 1. The molecule has 62 valence electrons. The minimum atomic E-state index is -0.215. The number of rotatable bonds is 3. The molecule has 0 rings (SSSR count). The zero-order valence-corrected chi connectivity index (χ0v) is 11.8. The molecule has 0 bridgehead atoms. The molecule has 0 aromatic carbocycles. The van der Waals surface area contributed by atoms with E-state index in [4.69, 9.17) is 0 Å². The molecule has 0 saturated heterocycles. The molecule has 0 fully saturated rings. The third-order valence-corrected chi connectivity index (χ3v) is 0.756. The monoisotopic (exact) mass is 272 g/mol. The third kappa shape index (κ3) is 13.4. The molecule has 0 spiro atoms. The molecule has 0 aromatic heterocycles. The van der Waals surface area contributed by atoms with Crippen molar-refractivity contribution in [1.82, 2.24) is 0 Å². The van der Waals surface area contributed by atoms with Crippen LogP contribution < -0.4 is 0 Å². The van der Waals surface area contributed by atoms with Crippen LogP contribution in [0.15, 0.2) is 0 Å². The van der Waals surface area contributed by atoms with E-state index in [1.54, 1.807) is 13.3 Å². The number of halogens is 1. The number of carbonyl (C=O) groups is 1. The number of ether oxygens (including phenoxy) is 1. The summed E-state index contributed by atoms with van der Waals surface area (Å²) in [6.45, 7) is 6.14. The first-order chi connectivity index (χ1) is 5.16. The van der Waals surface area contributed by atoms with Crippen molar-refractivity contribution in [3.63, 3.8) is 0 Å². The second kappa shape index (κ2) is 10.4. The molecule has 0 N–H and O–H groups in total. The van der Waals surface area contributed by atoms with Crippen LogP contribution in [-0.2, 0) is 25.9 Å². The number of hydrogen-bond donors (Lipinski definition) is 0. The molecule has 0 aliphatic rings. The molecule has 0 heterocycles. The van der Waals surface area contributed by atoms with Crippen molar-refractivity contribution in [3.05, 3.63) is 6.42 Å². The molecule has 0 aliphatic carbocycles. The summed E-state index contributed by atoms with van der Waals surface area (Å²) in [7, 11) is 0. The van der Waals surface area contributed by atoms with E-state index in [2.05, 4.69) is 18.4 Å². The summed E-state index contributed by atoms with van der Waals surface area (Å²) in [6, 6.07) is 0. The van der Waals surface area contributed by atoms with Crippen LogP contribution in [0.25, 0.3) is 0 Å². The Morgan fingerprint density at radius 1 is 1.64 bits per heavy atom. The number of hydrogen-bond acceptors (Lipinski definition) is 2. The summed E-state index contributed by atoms with van der Waals surface area (Å²) in [5.41, 5.74) is 0. The summed E-state index contributed by atoms with van der Waals surface area (Å²) in [6.07, 6.45) is 1.56. The van der Waals surface area contributed by atoms with E-state index in [9.17, 15) is 4.79 Å². The first kappa shape index (κ1) is 14.0. The Hall–Kier alpha value is 0.443. The Morgan fingerprint density at radius 3 is 2.36 bits per heavy atom. The van der Waals surface area contributed by atoms with Gasteiger partial charge in [0.1, 0.15) is 0 Å². The number of esters is 1. The van der Waals surface area contributed by atoms with Gasteiger partial charge < -0.3 is 4.74 Å². The van der Waals surface area contributed by atoms with Crippen molar-refractivity contribution < 1.29 is 25.9 Å². The molecule has 4 heteroatoms. The van der Waals surface area contributed by atoms with Gasteiger partial charge in [-0.2, -0.15) is 5.92 Å². The van der Waals surface area contributed by atoms with E-state index >= 15 is 0 Å². The van der Waals surface area contributed by atoms with Gasteiger partial charge in [0.05, 0.1) is 6.61 Å². The summed E-state index contributed by atoms with van der Waals surface area (Å²) in [5.74, 6) is 0.0662. The van der Waals surface area contributed by atoms with E-state index in [-0.39, 0.29) is 11.9 Å². The Kier molecular flexibility index (Phi) is 13.3. The fourth-order valence-electron chi connectivity index (χ4n) is 0.463. The van der Waals surface area contributed by atoms with Crippen molar-refractivity contribution in [2.75, 3.05) is 6.61 Å². The van der Waals surface area contributed by atoms with Gasteiger partial charge in [-0.3, -0.25) is 11.2 Å². The Labute approximate surface area is 85.1 Å². The minimum absolute atomic E-state index is 0.215. The van der Waals surface area contributed by atoms with Gasteiger partial charge in [-0.05, 0) is 6.92 Å². The van der Waals surface area contributed by atoms with Crippen LogP contribution >= 0.6 is 13.6 Å². The average Bonchev–Trinajstić information content (AvgIpc) is 1.91. The van der Waals surface area contributed by atoms with Gasteiger partial charge in [-0.15, -0.1) is 0 Å². The van der Waals surface area contributed by atoms with E-state index in [1.807, 2.05) is 13.8 Å². The maximum atomic E-state index is 10.6. The van der Waals surface area contributed by atoms with Gasteiger partial charge in [-0.25, -0.2) is 0 Å². The predicted molar refractivity (Wildman–Crippen MR) is 44.7 cm³/mol. The Bertz CT molecular complexity index is 96.4. The normalized spacial score (nSPS) is 8.27. The van der Waals surface area contributed by atoms with E-state index in [0.717, 1.165) is 0 Å². The van der Waals surface area contributed by atoms with Crippen LogP contribution in [0, 0.1) is 12.3 Å². The molecule has 0 unspecified atom stereocenters. The van der Waals surface area contributed by atoms with Crippen LogP contribution in [0.5, 0.6) is 0 Å². The Balaban J connectivity index is 0. The van der Waals surface area contributed by atoms with Crippen molar-refractivity contribution in [2.45, 2.75) is 20.8 Å².